The van der Waals surface area contributed by atoms with Crippen LogP contribution in [-0.2, 0) is 0 Å². The van der Waals surface area contributed by atoms with Crippen molar-refractivity contribution in [3.8, 4) is 5.69 Å². The third-order valence-corrected chi connectivity index (χ3v) is 5.70. The zero-order chi connectivity index (χ0) is 22.2. The summed E-state index contributed by atoms with van der Waals surface area (Å²) >= 11 is 6.38. The van der Waals surface area contributed by atoms with Crippen LogP contribution >= 0.6 is 11.6 Å². The smallest absolute Gasteiger partial charge is 0.264 e. The molecule has 3 heterocycles. The van der Waals surface area contributed by atoms with Gasteiger partial charge in [-0.2, -0.15) is 0 Å². The molecule has 2 N–H and O–H groups in total. The third-order valence-electron chi connectivity index (χ3n) is 5.38. The van der Waals surface area contributed by atoms with Crippen molar-refractivity contribution in [3.05, 3.63) is 104 Å². The van der Waals surface area contributed by atoms with E-state index in [9.17, 15) is 9.59 Å². The molecule has 0 amide bonds. The van der Waals surface area contributed by atoms with Crippen LogP contribution in [-0.4, -0.2) is 19.5 Å². The molecular weight excluding hydrogens is 426 g/mol. The minimum Gasteiger partial charge on any atom is -0.361 e. The third kappa shape index (κ3) is 3.33. The number of nitrogens with one attached hydrogen (secondary N) is 2. The van der Waals surface area contributed by atoms with Crippen LogP contribution < -0.4 is 16.3 Å². The van der Waals surface area contributed by atoms with E-state index >= 15 is 0 Å². The number of pyridine rings is 2. The molecule has 0 aliphatic rings. The molecule has 0 aliphatic heterocycles. The monoisotopic (exact) mass is 443 g/mol. The number of aromatic amines is 1. The number of nitrogens with zero attached hydrogens (tertiary/aromatic N) is 3. The molecule has 0 saturated heterocycles. The average molecular weight is 444 g/mol. The van der Waals surface area contributed by atoms with E-state index in [0.717, 1.165) is 5.39 Å². The van der Waals surface area contributed by atoms with E-state index in [1.807, 2.05) is 55.5 Å². The van der Waals surface area contributed by atoms with E-state index in [1.54, 1.807) is 16.8 Å². The van der Waals surface area contributed by atoms with Crippen molar-refractivity contribution in [2.45, 2.75) is 13.0 Å². The lowest BCUT2D eigenvalue weighted by molar-refractivity contribution is 0.774. The Labute approximate surface area is 187 Å². The molecule has 7 nitrogen and oxygen atoms in total. The van der Waals surface area contributed by atoms with Gasteiger partial charge in [0.05, 0.1) is 16.5 Å². The van der Waals surface area contributed by atoms with Gasteiger partial charge >= 0.3 is 0 Å². The van der Waals surface area contributed by atoms with E-state index in [0.29, 0.717) is 38.6 Å². The molecule has 2 aromatic carbocycles. The Kier molecular flexibility index (Phi) is 4.95. The number of halogens is 1. The lowest BCUT2D eigenvalue weighted by Gasteiger charge is -2.22. The van der Waals surface area contributed by atoms with Crippen LogP contribution in [0, 0.1) is 0 Å². The average Bonchev–Trinajstić information content (AvgIpc) is 2.79. The number of hydrogen-bond donors (Lipinski definition) is 2. The molecule has 0 aliphatic carbocycles. The van der Waals surface area contributed by atoms with Gasteiger partial charge < -0.3 is 10.3 Å². The number of rotatable bonds is 4. The number of para-hydroxylation sites is 1. The molecule has 32 heavy (non-hydrogen) atoms. The Morgan fingerprint density at radius 1 is 1.00 bits per heavy atom. The quantitative estimate of drug-likeness (QED) is 0.428. The van der Waals surface area contributed by atoms with Gasteiger partial charge in [-0.3, -0.25) is 14.2 Å². The number of aromatic nitrogens is 4. The van der Waals surface area contributed by atoms with Gasteiger partial charge in [0, 0.05) is 23.6 Å². The minimum absolute atomic E-state index is 0.195. The molecule has 8 heteroatoms. The van der Waals surface area contributed by atoms with Gasteiger partial charge in [-0.1, -0.05) is 41.9 Å². The van der Waals surface area contributed by atoms with Crippen molar-refractivity contribution >= 4 is 39.2 Å². The molecule has 0 radical (unpaired) electrons. The van der Waals surface area contributed by atoms with Crippen LogP contribution in [0.2, 0.25) is 5.02 Å². The van der Waals surface area contributed by atoms with Gasteiger partial charge in [0.1, 0.15) is 23.2 Å². The second kappa shape index (κ2) is 7.94. The molecule has 0 saturated carbocycles. The first-order valence-electron chi connectivity index (χ1n) is 10.0. The predicted octanol–water partition coefficient (Wildman–Crippen LogP) is 4.45. The fraction of sp³-hybridized carbons (Fsp3) is 0.0833. The standard InChI is InChI=1S/C24H18ClN5O2/c1-14(29-23-21-19(31)10-11-26-22(21)27-13-28-23)18-12-15-6-5-9-17(25)20(15)24(32)30(18)16-7-3-2-4-8-16/h2-14H,1H3,(H2,26,27,28,29,31)/t14-/m0/s1. The topological polar surface area (TPSA) is 92.7 Å². The van der Waals surface area contributed by atoms with Crippen LogP contribution in [0.1, 0.15) is 18.7 Å². The van der Waals surface area contributed by atoms with E-state index in [4.69, 9.17) is 11.6 Å². The summed E-state index contributed by atoms with van der Waals surface area (Å²) in [6.45, 7) is 1.91. The fourth-order valence-corrected chi connectivity index (χ4v) is 4.16. The van der Waals surface area contributed by atoms with Crippen LogP contribution in [0.25, 0.3) is 27.5 Å². The van der Waals surface area contributed by atoms with Crippen LogP contribution in [0.5, 0.6) is 0 Å². The minimum atomic E-state index is -0.371. The molecule has 5 rings (SSSR count). The number of H-pyrrole nitrogens is 1. The predicted molar refractivity (Wildman–Crippen MR) is 127 cm³/mol. The molecule has 0 bridgehead atoms. The van der Waals surface area contributed by atoms with Crippen LogP contribution in [0.3, 0.4) is 0 Å². The Morgan fingerprint density at radius 3 is 2.62 bits per heavy atom. The van der Waals surface area contributed by atoms with Gasteiger partial charge in [-0.15, -0.1) is 0 Å². The molecule has 0 spiro atoms. The Bertz CT molecular complexity index is 1570. The maximum Gasteiger partial charge on any atom is 0.264 e. The van der Waals surface area contributed by atoms with E-state index < -0.39 is 0 Å². The highest BCUT2D eigenvalue weighted by Crippen LogP contribution is 2.27. The van der Waals surface area contributed by atoms with Gasteiger partial charge in [-0.05, 0) is 36.6 Å². The molecule has 1 atom stereocenters. The van der Waals surface area contributed by atoms with E-state index in [2.05, 4.69) is 20.3 Å². The summed E-state index contributed by atoms with van der Waals surface area (Å²) < 4.78 is 1.64. The van der Waals surface area contributed by atoms with Crippen molar-refractivity contribution in [1.29, 1.82) is 0 Å². The van der Waals surface area contributed by atoms with Crippen molar-refractivity contribution < 1.29 is 0 Å². The summed E-state index contributed by atoms with van der Waals surface area (Å²) in [5, 5.41) is 5.25. The van der Waals surface area contributed by atoms with Crippen LogP contribution in [0.15, 0.2) is 82.8 Å². The highest BCUT2D eigenvalue weighted by molar-refractivity contribution is 6.35. The second-order valence-electron chi connectivity index (χ2n) is 7.40. The lowest BCUT2D eigenvalue weighted by Crippen LogP contribution is -2.26. The van der Waals surface area contributed by atoms with Gasteiger partial charge in [0.25, 0.3) is 5.56 Å². The summed E-state index contributed by atoms with van der Waals surface area (Å²) in [4.78, 5) is 37.4. The van der Waals surface area contributed by atoms with Crippen molar-refractivity contribution in [2.24, 2.45) is 0 Å². The SMILES string of the molecule is C[C@H](Nc1ncnc2[nH]ccc(=O)c12)c1cc2cccc(Cl)c2c(=O)n1-c1ccccc1. The van der Waals surface area contributed by atoms with E-state index in [-0.39, 0.29) is 17.0 Å². The van der Waals surface area contributed by atoms with E-state index in [1.165, 1.54) is 12.4 Å². The van der Waals surface area contributed by atoms with Crippen LogP contribution in [0.4, 0.5) is 5.82 Å². The van der Waals surface area contributed by atoms with Gasteiger partial charge in [0.15, 0.2) is 5.43 Å². The Hall–Kier alpha value is -3.97. The molecule has 3 aromatic heterocycles. The second-order valence-corrected chi connectivity index (χ2v) is 7.81. The molecule has 0 unspecified atom stereocenters. The maximum absolute atomic E-state index is 13.6. The van der Waals surface area contributed by atoms with Gasteiger partial charge in [0.2, 0.25) is 0 Å². The molecular formula is C24H18ClN5O2. The number of fused-ring (bicyclic) bond motifs is 2. The summed E-state index contributed by atoms with van der Waals surface area (Å²) in [5.74, 6) is 0.391. The lowest BCUT2D eigenvalue weighted by atomic mass is 10.1. The highest BCUT2D eigenvalue weighted by atomic mass is 35.5. The molecule has 0 fully saturated rings. The number of benzene rings is 2. The Morgan fingerprint density at radius 2 is 1.81 bits per heavy atom. The summed E-state index contributed by atoms with van der Waals surface area (Å²) in [6, 6.07) is 17.7. The van der Waals surface area contributed by atoms with Crippen molar-refractivity contribution in [3.63, 3.8) is 0 Å². The maximum atomic E-state index is 13.6. The largest absolute Gasteiger partial charge is 0.361 e. The van der Waals surface area contributed by atoms with Gasteiger partial charge in [-0.25, -0.2) is 9.97 Å². The molecule has 5 aromatic rings. The molecule has 158 valence electrons. The zero-order valence-corrected chi connectivity index (χ0v) is 17.8. The normalized spacial score (nSPS) is 12.2. The number of anilines is 1. The first-order chi connectivity index (χ1) is 15.5. The summed E-state index contributed by atoms with van der Waals surface area (Å²) in [5.41, 5.74) is 1.45. The Balaban J connectivity index is 1.72. The van der Waals surface area contributed by atoms with Crippen molar-refractivity contribution in [1.82, 2.24) is 19.5 Å². The first-order valence-corrected chi connectivity index (χ1v) is 10.4. The highest BCUT2D eigenvalue weighted by Gasteiger charge is 2.19. The fourth-order valence-electron chi connectivity index (χ4n) is 3.90. The summed E-state index contributed by atoms with van der Waals surface area (Å²) in [7, 11) is 0. The first kappa shape index (κ1) is 20.0. The zero-order valence-electron chi connectivity index (χ0n) is 17.0. The number of hydrogen-bond acceptors (Lipinski definition) is 5. The summed E-state index contributed by atoms with van der Waals surface area (Å²) in [6.07, 6.45) is 2.93. The van der Waals surface area contributed by atoms with Crippen molar-refractivity contribution in [2.75, 3.05) is 5.32 Å².